The molecular formula is C19H22N4O4. The maximum atomic E-state index is 12.8. The highest BCUT2D eigenvalue weighted by molar-refractivity contribution is 6.03. The molecule has 2 aliphatic heterocycles. The molecule has 2 unspecified atom stereocenters. The van der Waals surface area contributed by atoms with E-state index < -0.39 is 6.04 Å². The zero-order chi connectivity index (χ0) is 19.0. The Morgan fingerprint density at radius 1 is 1.37 bits per heavy atom. The fourth-order valence-electron chi connectivity index (χ4n) is 3.51. The van der Waals surface area contributed by atoms with Crippen LogP contribution in [0, 0.1) is 0 Å². The molecule has 2 N–H and O–H groups in total. The van der Waals surface area contributed by atoms with Gasteiger partial charge < -0.3 is 19.7 Å². The van der Waals surface area contributed by atoms with Gasteiger partial charge in [-0.25, -0.2) is 0 Å². The van der Waals surface area contributed by atoms with Crippen molar-refractivity contribution in [2.75, 3.05) is 25.2 Å². The third-order valence-electron chi connectivity index (χ3n) is 4.98. The van der Waals surface area contributed by atoms with E-state index in [4.69, 9.17) is 9.47 Å². The zero-order valence-corrected chi connectivity index (χ0v) is 15.3. The van der Waals surface area contributed by atoms with Crippen LogP contribution in [0.15, 0.2) is 24.3 Å². The van der Waals surface area contributed by atoms with E-state index in [0.29, 0.717) is 36.6 Å². The van der Waals surface area contributed by atoms with Gasteiger partial charge in [-0.05, 0) is 19.1 Å². The Kier molecular flexibility index (Phi) is 4.57. The lowest BCUT2D eigenvalue weighted by Gasteiger charge is -2.20. The molecule has 0 fully saturated rings. The third kappa shape index (κ3) is 3.28. The van der Waals surface area contributed by atoms with Crippen LogP contribution in [0.1, 0.15) is 28.7 Å². The largest absolute Gasteiger partial charge is 0.489 e. The van der Waals surface area contributed by atoms with Crippen molar-refractivity contribution in [2.24, 2.45) is 0 Å². The van der Waals surface area contributed by atoms with Gasteiger partial charge >= 0.3 is 0 Å². The molecule has 0 spiro atoms. The molecule has 0 saturated heterocycles. The molecule has 0 bridgehead atoms. The second kappa shape index (κ2) is 7.03. The maximum absolute atomic E-state index is 12.8. The van der Waals surface area contributed by atoms with E-state index in [9.17, 15) is 9.59 Å². The van der Waals surface area contributed by atoms with Crippen molar-refractivity contribution in [1.29, 1.82) is 0 Å². The molecule has 4 rings (SSSR count). The Morgan fingerprint density at radius 2 is 2.19 bits per heavy atom. The minimum Gasteiger partial charge on any atom is -0.489 e. The number of amides is 2. The van der Waals surface area contributed by atoms with E-state index in [1.54, 1.807) is 13.1 Å². The van der Waals surface area contributed by atoms with Gasteiger partial charge in [0.1, 0.15) is 18.4 Å². The van der Waals surface area contributed by atoms with Crippen molar-refractivity contribution in [3.8, 4) is 5.75 Å². The average molecular weight is 370 g/mol. The standard InChI is InChI=1S/C19H22N4O4/c1-11-9-12-13(7-8-26-11)21-22-17(12)18(24)20-14-10-27-16-6-4-3-5-15(16)23(2)19(14)25/h3-6,11,14H,7-10H2,1-2H3,(H,20,24)(H,21,22). The third-order valence-corrected chi connectivity index (χ3v) is 4.98. The highest BCUT2D eigenvalue weighted by atomic mass is 16.5. The van der Waals surface area contributed by atoms with E-state index in [-0.39, 0.29) is 24.5 Å². The second-order valence-electron chi connectivity index (χ2n) is 6.87. The summed E-state index contributed by atoms with van der Waals surface area (Å²) in [6, 6.07) is 6.51. The van der Waals surface area contributed by atoms with Crippen LogP contribution in [0.4, 0.5) is 5.69 Å². The zero-order valence-electron chi connectivity index (χ0n) is 15.3. The molecule has 0 aliphatic carbocycles. The van der Waals surface area contributed by atoms with Crippen LogP contribution < -0.4 is 15.0 Å². The topological polar surface area (TPSA) is 96.5 Å². The molecule has 27 heavy (non-hydrogen) atoms. The normalized spacial score (nSPS) is 22.1. The maximum Gasteiger partial charge on any atom is 0.272 e. The first-order chi connectivity index (χ1) is 13.0. The van der Waals surface area contributed by atoms with Gasteiger partial charge in [0.15, 0.2) is 5.69 Å². The monoisotopic (exact) mass is 370 g/mol. The van der Waals surface area contributed by atoms with E-state index in [2.05, 4.69) is 15.5 Å². The quantitative estimate of drug-likeness (QED) is 0.824. The first-order valence-electron chi connectivity index (χ1n) is 9.02. The lowest BCUT2D eigenvalue weighted by atomic mass is 10.0. The molecule has 2 aromatic rings. The lowest BCUT2D eigenvalue weighted by Crippen LogP contribution is -2.49. The number of ether oxygens (including phenoxy) is 2. The van der Waals surface area contributed by atoms with Crippen LogP contribution in [0.2, 0.25) is 0 Å². The first-order valence-corrected chi connectivity index (χ1v) is 9.02. The molecule has 2 amide bonds. The number of fused-ring (bicyclic) bond motifs is 2. The van der Waals surface area contributed by atoms with E-state index in [1.165, 1.54) is 4.90 Å². The number of anilines is 1. The molecule has 8 nitrogen and oxygen atoms in total. The fraction of sp³-hybridized carbons (Fsp3) is 0.421. The van der Waals surface area contributed by atoms with Gasteiger partial charge in [0, 0.05) is 31.1 Å². The SMILES string of the molecule is CC1Cc2c(C(=O)NC3COc4ccccc4N(C)C3=O)n[nH]c2CCO1. The molecule has 2 aliphatic rings. The number of aromatic nitrogens is 2. The predicted molar refractivity (Wildman–Crippen MR) is 98.0 cm³/mol. The molecule has 142 valence electrons. The summed E-state index contributed by atoms with van der Waals surface area (Å²) in [5, 5.41) is 9.91. The number of benzene rings is 1. The minimum atomic E-state index is -0.790. The second-order valence-corrected chi connectivity index (χ2v) is 6.87. The number of carbonyl (C=O) groups is 2. The number of H-pyrrole nitrogens is 1. The van der Waals surface area contributed by atoms with Crippen LogP contribution in [0.25, 0.3) is 0 Å². The molecule has 1 aromatic carbocycles. The molecule has 2 atom stereocenters. The number of hydrogen-bond donors (Lipinski definition) is 2. The Bertz CT molecular complexity index is 878. The molecule has 0 radical (unpaired) electrons. The number of hydrogen-bond acceptors (Lipinski definition) is 5. The predicted octanol–water partition coefficient (Wildman–Crippen LogP) is 1.07. The molecular weight excluding hydrogens is 348 g/mol. The van der Waals surface area contributed by atoms with Gasteiger partial charge in [0.25, 0.3) is 11.8 Å². The summed E-state index contributed by atoms with van der Waals surface area (Å²) in [5.74, 6) is -0.000702. The Hall–Kier alpha value is -2.87. The number of rotatable bonds is 2. The van der Waals surface area contributed by atoms with Gasteiger partial charge in [0.05, 0.1) is 18.4 Å². The summed E-state index contributed by atoms with van der Waals surface area (Å²) < 4.78 is 11.4. The number of carbonyl (C=O) groups excluding carboxylic acids is 2. The van der Waals surface area contributed by atoms with Gasteiger partial charge in [-0.1, -0.05) is 12.1 Å². The summed E-state index contributed by atoms with van der Waals surface area (Å²) in [4.78, 5) is 27.1. The van der Waals surface area contributed by atoms with Crippen LogP contribution in [0.3, 0.4) is 0 Å². The summed E-state index contributed by atoms with van der Waals surface area (Å²) >= 11 is 0. The molecule has 1 aromatic heterocycles. The van der Waals surface area contributed by atoms with E-state index in [0.717, 1.165) is 11.3 Å². The summed E-state index contributed by atoms with van der Waals surface area (Å²) in [7, 11) is 1.68. The number of likely N-dealkylation sites (N-methyl/N-ethyl adjacent to an activating group) is 1. The number of para-hydroxylation sites is 2. The van der Waals surface area contributed by atoms with Gasteiger partial charge in [-0.15, -0.1) is 0 Å². The number of nitrogens with zero attached hydrogens (tertiary/aromatic N) is 2. The van der Waals surface area contributed by atoms with Crippen molar-refractivity contribution in [3.63, 3.8) is 0 Å². The lowest BCUT2D eigenvalue weighted by molar-refractivity contribution is -0.120. The number of nitrogens with one attached hydrogen (secondary N) is 2. The summed E-state index contributed by atoms with van der Waals surface area (Å²) in [6.45, 7) is 2.63. The van der Waals surface area contributed by atoms with Crippen molar-refractivity contribution < 1.29 is 19.1 Å². The van der Waals surface area contributed by atoms with Crippen LogP contribution in [0.5, 0.6) is 5.75 Å². The first kappa shape index (κ1) is 17.5. The van der Waals surface area contributed by atoms with Crippen molar-refractivity contribution in [1.82, 2.24) is 15.5 Å². The van der Waals surface area contributed by atoms with E-state index in [1.807, 2.05) is 25.1 Å². The van der Waals surface area contributed by atoms with Crippen molar-refractivity contribution in [3.05, 3.63) is 41.2 Å². The molecule has 3 heterocycles. The van der Waals surface area contributed by atoms with Gasteiger partial charge in [-0.2, -0.15) is 5.10 Å². The Balaban J connectivity index is 1.54. The minimum absolute atomic E-state index is 0.0129. The molecule has 8 heteroatoms. The number of aromatic amines is 1. The van der Waals surface area contributed by atoms with Crippen molar-refractivity contribution >= 4 is 17.5 Å². The highest BCUT2D eigenvalue weighted by Gasteiger charge is 2.32. The Labute approximate surface area is 156 Å². The Morgan fingerprint density at radius 3 is 3.04 bits per heavy atom. The smallest absolute Gasteiger partial charge is 0.272 e. The molecule has 0 saturated carbocycles. The van der Waals surface area contributed by atoms with Crippen molar-refractivity contribution in [2.45, 2.75) is 31.9 Å². The van der Waals surface area contributed by atoms with Crippen LogP contribution in [-0.2, 0) is 22.4 Å². The van der Waals surface area contributed by atoms with E-state index >= 15 is 0 Å². The van der Waals surface area contributed by atoms with Gasteiger partial charge in [0.2, 0.25) is 0 Å². The van der Waals surface area contributed by atoms with Gasteiger partial charge in [-0.3, -0.25) is 14.7 Å². The van der Waals surface area contributed by atoms with Crippen LogP contribution in [-0.4, -0.2) is 54.4 Å². The van der Waals surface area contributed by atoms with Crippen LogP contribution >= 0.6 is 0 Å². The summed E-state index contributed by atoms with van der Waals surface area (Å²) in [5.41, 5.74) is 2.77. The average Bonchev–Trinajstić information content (AvgIpc) is 2.90. The summed E-state index contributed by atoms with van der Waals surface area (Å²) in [6.07, 6.45) is 1.30. The fourth-order valence-corrected chi connectivity index (χ4v) is 3.51. The highest BCUT2D eigenvalue weighted by Crippen LogP contribution is 2.30.